The fourth-order valence-corrected chi connectivity index (χ4v) is 7.24. The molecule has 5 aromatic rings. The van der Waals surface area contributed by atoms with Gasteiger partial charge >= 0.3 is 0 Å². The molecule has 2 heterocycles. The number of hydrogen-bond donors (Lipinski definition) is 3. The van der Waals surface area contributed by atoms with Crippen molar-refractivity contribution in [2.45, 2.75) is 48.6 Å². The Kier molecular flexibility index (Phi) is 9.78. The molecule has 0 aliphatic carbocycles. The standard InChI is InChI=1S/C33H33N5O6S2/c1-22-30(21-45-33-35-36-37-38(33)27-15-17-28(40)18-16-27)43-32(44-31(22)25-11-9-24(20-39)10-12-25)26-13-7-23(8-14-26)19-34-46(41,42)29-5-3-2-4-6-29/h2-18,22,30-32,34,39-40H,19-21H2,1H3. The van der Waals surface area contributed by atoms with Crippen LogP contribution in [-0.2, 0) is 32.6 Å². The highest BCUT2D eigenvalue weighted by Gasteiger charge is 2.38. The van der Waals surface area contributed by atoms with Gasteiger partial charge in [-0.3, -0.25) is 0 Å². The molecule has 4 aromatic carbocycles. The normalized spacial score (nSPS) is 20.0. The van der Waals surface area contributed by atoms with Gasteiger partial charge in [-0.1, -0.05) is 85.4 Å². The third-order valence-corrected chi connectivity index (χ3v) is 10.2. The molecule has 1 aliphatic heterocycles. The van der Waals surface area contributed by atoms with Crippen LogP contribution in [0.4, 0.5) is 0 Å². The highest BCUT2D eigenvalue weighted by molar-refractivity contribution is 7.99. The van der Waals surface area contributed by atoms with Crippen LogP contribution in [-0.4, -0.2) is 50.7 Å². The van der Waals surface area contributed by atoms with Crippen molar-refractivity contribution in [2.75, 3.05) is 5.75 Å². The minimum Gasteiger partial charge on any atom is -0.508 e. The zero-order valence-electron chi connectivity index (χ0n) is 24.9. The fraction of sp³-hybridized carbons (Fsp3) is 0.242. The van der Waals surface area contributed by atoms with Gasteiger partial charge in [-0.2, -0.15) is 4.68 Å². The Labute approximate surface area is 271 Å². The summed E-state index contributed by atoms with van der Waals surface area (Å²) >= 11 is 1.46. The number of aliphatic hydroxyl groups excluding tert-OH is 1. The second-order valence-corrected chi connectivity index (χ2v) is 13.7. The number of rotatable bonds is 11. The molecule has 4 unspecified atom stereocenters. The second-order valence-electron chi connectivity index (χ2n) is 10.9. The van der Waals surface area contributed by atoms with E-state index >= 15 is 0 Å². The van der Waals surface area contributed by atoms with Crippen molar-refractivity contribution in [1.29, 1.82) is 0 Å². The molecule has 0 amide bonds. The minimum absolute atomic E-state index is 0.0457. The molecular formula is C33H33N5O6S2. The van der Waals surface area contributed by atoms with Crippen LogP contribution in [0.25, 0.3) is 5.69 Å². The second kappa shape index (κ2) is 14.1. The van der Waals surface area contributed by atoms with Crippen molar-refractivity contribution in [3.05, 3.63) is 125 Å². The van der Waals surface area contributed by atoms with Crippen molar-refractivity contribution in [1.82, 2.24) is 24.9 Å². The zero-order chi connectivity index (χ0) is 32.1. The van der Waals surface area contributed by atoms with Gasteiger partial charge < -0.3 is 19.7 Å². The summed E-state index contributed by atoms with van der Waals surface area (Å²) in [5, 5.41) is 32.0. The lowest BCUT2D eigenvalue weighted by Gasteiger charge is -2.41. The van der Waals surface area contributed by atoms with Crippen LogP contribution in [0.2, 0.25) is 0 Å². The Morgan fingerprint density at radius 2 is 1.54 bits per heavy atom. The van der Waals surface area contributed by atoms with Gasteiger partial charge in [-0.25, -0.2) is 13.1 Å². The van der Waals surface area contributed by atoms with E-state index in [0.29, 0.717) is 10.9 Å². The van der Waals surface area contributed by atoms with Gasteiger partial charge in [0.25, 0.3) is 0 Å². The predicted molar refractivity (Wildman–Crippen MR) is 171 cm³/mol. The Balaban J connectivity index is 1.19. The summed E-state index contributed by atoms with van der Waals surface area (Å²) in [6, 6.07) is 30.1. The maximum atomic E-state index is 12.7. The van der Waals surface area contributed by atoms with Crippen molar-refractivity contribution in [3.63, 3.8) is 0 Å². The van der Waals surface area contributed by atoms with Crippen LogP contribution in [0.1, 0.15) is 41.6 Å². The third kappa shape index (κ3) is 7.30. The molecule has 1 saturated heterocycles. The average Bonchev–Trinajstić information content (AvgIpc) is 3.57. The van der Waals surface area contributed by atoms with E-state index in [0.717, 1.165) is 27.9 Å². The summed E-state index contributed by atoms with van der Waals surface area (Å²) < 4.78 is 42.7. The van der Waals surface area contributed by atoms with Gasteiger partial charge in [0.05, 0.1) is 29.4 Å². The number of tetrazole rings is 1. The molecular weight excluding hydrogens is 627 g/mol. The topological polar surface area (TPSA) is 149 Å². The quantitative estimate of drug-likeness (QED) is 0.167. The number of phenolic OH excluding ortho intramolecular Hbond substituents is 1. The first kappa shape index (κ1) is 31.9. The Morgan fingerprint density at radius 3 is 2.24 bits per heavy atom. The van der Waals surface area contributed by atoms with Gasteiger partial charge in [0.2, 0.25) is 15.2 Å². The van der Waals surface area contributed by atoms with E-state index in [2.05, 4.69) is 27.2 Å². The van der Waals surface area contributed by atoms with Crippen molar-refractivity contribution in [2.24, 2.45) is 5.92 Å². The molecule has 1 fully saturated rings. The van der Waals surface area contributed by atoms with E-state index in [1.54, 1.807) is 59.3 Å². The molecule has 0 bridgehead atoms. The van der Waals surface area contributed by atoms with Gasteiger partial charge in [0, 0.05) is 23.8 Å². The number of ether oxygens (including phenoxy) is 2. The molecule has 0 saturated carbocycles. The molecule has 0 radical (unpaired) electrons. The first-order chi connectivity index (χ1) is 22.3. The monoisotopic (exact) mass is 659 g/mol. The smallest absolute Gasteiger partial charge is 0.240 e. The Hall–Kier alpha value is -4.11. The number of nitrogens with one attached hydrogen (secondary N) is 1. The van der Waals surface area contributed by atoms with Crippen LogP contribution in [0.3, 0.4) is 0 Å². The van der Waals surface area contributed by atoms with E-state index < -0.39 is 16.3 Å². The number of aromatic hydroxyl groups is 1. The first-order valence-electron chi connectivity index (χ1n) is 14.7. The number of aromatic nitrogens is 4. The summed E-state index contributed by atoms with van der Waals surface area (Å²) in [4.78, 5) is 0.212. The van der Waals surface area contributed by atoms with Crippen LogP contribution in [0.15, 0.2) is 113 Å². The summed E-state index contributed by atoms with van der Waals surface area (Å²) in [5.41, 5.74) is 4.08. The van der Waals surface area contributed by atoms with Crippen molar-refractivity contribution >= 4 is 21.8 Å². The summed E-state index contributed by atoms with van der Waals surface area (Å²) in [5.74, 6) is 0.638. The van der Waals surface area contributed by atoms with Crippen LogP contribution in [0, 0.1) is 5.92 Å². The predicted octanol–water partition coefficient (Wildman–Crippen LogP) is 4.92. The van der Waals surface area contributed by atoms with Crippen molar-refractivity contribution < 1.29 is 28.1 Å². The molecule has 11 nitrogen and oxygen atoms in total. The van der Waals surface area contributed by atoms with E-state index in [1.807, 2.05) is 48.5 Å². The molecule has 46 heavy (non-hydrogen) atoms. The number of aliphatic hydroxyl groups is 1. The number of benzene rings is 4. The molecule has 0 spiro atoms. The molecule has 238 valence electrons. The summed E-state index contributed by atoms with van der Waals surface area (Å²) in [7, 11) is -3.64. The Morgan fingerprint density at radius 1 is 0.870 bits per heavy atom. The lowest BCUT2D eigenvalue weighted by Crippen LogP contribution is -2.38. The van der Waals surface area contributed by atoms with E-state index in [9.17, 15) is 18.6 Å². The lowest BCUT2D eigenvalue weighted by atomic mass is 9.91. The minimum atomic E-state index is -3.64. The average molecular weight is 660 g/mol. The highest BCUT2D eigenvalue weighted by atomic mass is 32.2. The fourth-order valence-electron chi connectivity index (χ4n) is 5.15. The van der Waals surface area contributed by atoms with Gasteiger partial charge in [-0.15, -0.1) is 5.10 Å². The number of sulfonamides is 1. The maximum Gasteiger partial charge on any atom is 0.240 e. The number of phenols is 1. The molecule has 3 N–H and O–H groups in total. The van der Waals surface area contributed by atoms with Crippen LogP contribution in [0.5, 0.6) is 5.75 Å². The SMILES string of the molecule is CC1C(CSc2nnnn2-c2ccc(O)cc2)OC(c2ccc(CNS(=O)(=O)c3ccccc3)cc2)OC1c1ccc(CO)cc1. The van der Waals surface area contributed by atoms with E-state index in [4.69, 9.17) is 9.47 Å². The molecule has 1 aliphatic rings. The molecule has 13 heteroatoms. The maximum absolute atomic E-state index is 12.7. The lowest BCUT2D eigenvalue weighted by molar-refractivity contribution is -0.268. The largest absolute Gasteiger partial charge is 0.508 e. The zero-order valence-corrected chi connectivity index (χ0v) is 26.5. The third-order valence-electron chi connectivity index (χ3n) is 7.81. The van der Waals surface area contributed by atoms with E-state index in [1.165, 1.54) is 11.8 Å². The summed E-state index contributed by atoms with van der Waals surface area (Å²) in [6.45, 7) is 2.17. The van der Waals surface area contributed by atoms with Crippen molar-refractivity contribution in [3.8, 4) is 11.4 Å². The molecule has 1 aromatic heterocycles. The van der Waals surface area contributed by atoms with E-state index in [-0.39, 0.29) is 41.9 Å². The van der Waals surface area contributed by atoms with Gasteiger partial charge in [0.1, 0.15) is 5.75 Å². The number of thioether (sulfide) groups is 1. The van der Waals surface area contributed by atoms with Gasteiger partial charge in [-0.05, 0) is 63.5 Å². The number of hydrogen-bond acceptors (Lipinski definition) is 10. The number of nitrogens with zero attached hydrogens (tertiary/aromatic N) is 4. The highest BCUT2D eigenvalue weighted by Crippen LogP contribution is 2.43. The van der Waals surface area contributed by atoms with Gasteiger partial charge in [0.15, 0.2) is 6.29 Å². The molecule has 6 rings (SSSR count). The Bertz CT molecular complexity index is 1840. The summed E-state index contributed by atoms with van der Waals surface area (Å²) in [6.07, 6.45) is -1.25. The van der Waals surface area contributed by atoms with Crippen LogP contribution >= 0.6 is 11.8 Å². The van der Waals surface area contributed by atoms with Crippen LogP contribution < -0.4 is 4.72 Å². The molecule has 4 atom stereocenters. The first-order valence-corrected chi connectivity index (χ1v) is 17.1.